The van der Waals surface area contributed by atoms with E-state index in [4.69, 9.17) is 15.2 Å². The summed E-state index contributed by atoms with van der Waals surface area (Å²) in [6.07, 6.45) is 2.63. The van der Waals surface area contributed by atoms with Gasteiger partial charge in [0.25, 0.3) is 0 Å². The van der Waals surface area contributed by atoms with Crippen LogP contribution in [0.2, 0.25) is 0 Å². The van der Waals surface area contributed by atoms with Crippen LogP contribution in [0.3, 0.4) is 0 Å². The van der Waals surface area contributed by atoms with E-state index in [-0.39, 0.29) is 12.0 Å². The van der Waals surface area contributed by atoms with Crippen LogP contribution in [0, 0.1) is 0 Å². The van der Waals surface area contributed by atoms with Crippen molar-refractivity contribution < 1.29 is 14.3 Å². The highest BCUT2D eigenvalue weighted by atomic mass is 16.6. The molecule has 5 nitrogen and oxygen atoms in total. The Morgan fingerprint density at radius 3 is 2.68 bits per heavy atom. The quantitative estimate of drug-likeness (QED) is 0.760. The number of ether oxygens (including phenoxy) is 2. The van der Waals surface area contributed by atoms with Crippen molar-refractivity contribution in [1.82, 2.24) is 4.98 Å². The SMILES string of the molecule is CCOC(=O)C(C)Oc1ccc(CC(N)CC)nc1. The van der Waals surface area contributed by atoms with Crippen molar-refractivity contribution in [2.45, 2.75) is 45.8 Å². The van der Waals surface area contributed by atoms with Crippen LogP contribution < -0.4 is 10.5 Å². The van der Waals surface area contributed by atoms with Gasteiger partial charge in [-0.05, 0) is 32.4 Å². The third-order valence-corrected chi connectivity index (χ3v) is 2.72. The number of nitrogens with two attached hydrogens (primary N) is 1. The molecule has 0 aliphatic rings. The highest BCUT2D eigenvalue weighted by molar-refractivity contribution is 5.74. The summed E-state index contributed by atoms with van der Waals surface area (Å²) in [5.41, 5.74) is 6.79. The molecule has 0 aliphatic heterocycles. The lowest BCUT2D eigenvalue weighted by Gasteiger charge is -2.13. The Morgan fingerprint density at radius 2 is 2.16 bits per heavy atom. The van der Waals surface area contributed by atoms with Crippen LogP contribution in [0.25, 0.3) is 0 Å². The predicted octanol–water partition coefficient (Wildman–Crippen LogP) is 1.69. The van der Waals surface area contributed by atoms with Crippen LogP contribution in [-0.2, 0) is 16.0 Å². The second kappa shape index (κ2) is 7.74. The van der Waals surface area contributed by atoms with Crippen LogP contribution in [0.5, 0.6) is 5.75 Å². The van der Waals surface area contributed by atoms with E-state index in [2.05, 4.69) is 4.98 Å². The number of rotatable bonds is 7. The molecular weight excluding hydrogens is 244 g/mol. The molecule has 0 amide bonds. The van der Waals surface area contributed by atoms with Gasteiger partial charge in [-0.3, -0.25) is 4.98 Å². The smallest absolute Gasteiger partial charge is 0.347 e. The van der Waals surface area contributed by atoms with Gasteiger partial charge in [0.15, 0.2) is 6.10 Å². The fourth-order valence-corrected chi connectivity index (χ4v) is 1.53. The van der Waals surface area contributed by atoms with Gasteiger partial charge in [0, 0.05) is 18.2 Å². The van der Waals surface area contributed by atoms with Gasteiger partial charge in [0.05, 0.1) is 12.8 Å². The lowest BCUT2D eigenvalue weighted by molar-refractivity contribution is -0.150. The molecule has 1 heterocycles. The molecule has 0 radical (unpaired) electrons. The maximum atomic E-state index is 11.4. The van der Waals surface area contributed by atoms with E-state index in [9.17, 15) is 4.79 Å². The second-order valence-corrected chi connectivity index (χ2v) is 4.37. The summed E-state index contributed by atoms with van der Waals surface area (Å²) >= 11 is 0. The molecule has 106 valence electrons. The Hall–Kier alpha value is -1.62. The Labute approximate surface area is 114 Å². The van der Waals surface area contributed by atoms with Gasteiger partial charge in [0.1, 0.15) is 5.75 Å². The van der Waals surface area contributed by atoms with Crippen molar-refractivity contribution in [3.05, 3.63) is 24.0 Å². The van der Waals surface area contributed by atoms with Crippen molar-refractivity contribution >= 4 is 5.97 Å². The van der Waals surface area contributed by atoms with Gasteiger partial charge in [-0.1, -0.05) is 6.92 Å². The number of pyridine rings is 1. The maximum Gasteiger partial charge on any atom is 0.347 e. The molecule has 2 atom stereocenters. The fourth-order valence-electron chi connectivity index (χ4n) is 1.53. The summed E-state index contributed by atoms with van der Waals surface area (Å²) in [5, 5.41) is 0. The minimum Gasteiger partial charge on any atom is -0.477 e. The van der Waals surface area contributed by atoms with Crippen LogP contribution in [0.4, 0.5) is 0 Å². The lowest BCUT2D eigenvalue weighted by Crippen LogP contribution is -2.26. The van der Waals surface area contributed by atoms with Gasteiger partial charge in [-0.25, -0.2) is 4.79 Å². The molecule has 1 aromatic heterocycles. The molecule has 1 aromatic rings. The highest BCUT2D eigenvalue weighted by Crippen LogP contribution is 2.13. The van der Waals surface area contributed by atoms with E-state index in [0.717, 1.165) is 18.5 Å². The Morgan fingerprint density at radius 1 is 1.42 bits per heavy atom. The zero-order valence-electron chi connectivity index (χ0n) is 11.8. The minimum atomic E-state index is -0.634. The molecule has 0 saturated carbocycles. The lowest BCUT2D eigenvalue weighted by atomic mass is 10.1. The number of aromatic nitrogens is 1. The zero-order valence-corrected chi connectivity index (χ0v) is 11.8. The van der Waals surface area contributed by atoms with E-state index in [1.165, 1.54) is 0 Å². The largest absolute Gasteiger partial charge is 0.477 e. The topological polar surface area (TPSA) is 74.4 Å². The average Bonchev–Trinajstić information content (AvgIpc) is 2.41. The molecule has 19 heavy (non-hydrogen) atoms. The first kappa shape index (κ1) is 15.4. The van der Waals surface area contributed by atoms with Gasteiger partial charge in [-0.2, -0.15) is 0 Å². The minimum absolute atomic E-state index is 0.123. The van der Waals surface area contributed by atoms with Crippen LogP contribution in [0.15, 0.2) is 18.3 Å². The van der Waals surface area contributed by atoms with E-state index < -0.39 is 6.10 Å². The molecule has 5 heteroatoms. The highest BCUT2D eigenvalue weighted by Gasteiger charge is 2.15. The molecule has 0 spiro atoms. The van der Waals surface area contributed by atoms with Crippen molar-refractivity contribution in [3.63, 3.8) is 0 Å². The average molecular weight is 266 g/mol. The first-order valence-corrected chi connectivity index (χ1v) is 6.60. The Kier molecular flexibility index (Phi) is 6.29. The predicted molar refractivity (Wildman–Crippen MR) is 72.9 cm³/mol. The zero-order chi connectivity index (χ0) is 14.3. The molecule has 0 fully saturated rings. The normalized spacial score (nSPS) is 13.7. The van der Waals surface area contributed by atoms with Crippen molar-refractivity contribution in [2.24, 2.45) is 5.73 Å². The third-order valence-electron chi connectivity index (χ3n) is 2.72. The maximum absolute atomic E-state index is 11.4. The van der Waals surface area contributed by atoms with Crippen LogP contribution in [-0.4, -0.2) is 29.7 Å². The van der Waals surface area contributed by atoms with Crippen molar-refractivity contribution in [3.8, 4) is 5.75 Å². The summed E-state index contributed by atoms with van der Waals surface area (Å²) in [6.45, 7) is 5.80. The Balaban J connectivity index is 2.54. The monoisotopic (exact) mass is 266 g/mol. The van der Waals surface area contributed by atoms with Gasteiger partial charge < -0.3 is 15.2 Å². The van der Waals surface area contributed by atoms with E-state index in [1.807, 2.05) is 13.0 Å². The van der Waals surface area contributed by atoms with Crippen LogP contribution in [0.1, 0.15) is 32.9 Å². The summed E-state index contributed by atoms with van der Waals surface area (Å²) in [7, 11) is 0. The summed E-state index contributed by atoms with van der Waals surface area (Å²) in [6, 6.07) is 3.78. The van der Waals surface area contributed by atoms with Gasteiger partial charge >= 0.3 is 5.97 Å². The number of nitrogens with zero attached hydrogens (tertiary/aromatic N) is 1. The van der Waals surface area contributed by atoms with Crippen molar-refractivity contribution in [1.29, 1.82) is 0 Å². The molecule has 2 N–H and O–H groups in total. The molecular formula is C14H22N2O3. The first-order valence-electron chi connectivity index (χ1n) is 6.60. The molecule has 2 unspecified atom stereocenters. The number of hydrogen-bond donors (Lipinski definition) is 1. The Bertz CT molecular complexity index is 392. The van der Waals surface area contributed by atoms with Crippen LogP contribution >= 0.6 is 0 Å². The molecule has 0 saturated heterocycles. The molecule has 0 bridgehead atoms. The van der Waals surface area contributed by atoms with Gasteiger partial charge in [-0.15, -0.1) is 0 Å². The first-order chi connectivity index (χ1) is 9.06. The summed E-state index contributed by atoms with van der Waals surface area (Å²) in [4.78, 5) is 15.7. The summed E-state index contributed by atoms with van der Waals surface area (Å²) < 4.78 is 10.3. The fraction of sp³-hybridized carbons (Fsp3) is 0.571. The number of esters is 1. The summed E-state index contributed by atoms with van der Waals surface area (Å²) in [5.74, 6) is 0.175. The number of carbonyl (C=O) groups excluding carboxylic acids is 1. The third kappa shape index (κ3) is 5.26. The second-order valence-electron chi connectivity index (χ2n) is 4.37. The number of hydrogen-bond acceptors (Lipinski definition) is 5. The van der Waals surface area contributed by atoms with Crippen molar-refractivity contribution in [2.75, 3.05) is 6.61 Å². The molecule has 1 rings (SSSR count). The van der Waals surface area contributed by atoms with E-state index in [0.29, 0.717) is 12.4 Å². The number of carbonyl (C=O) groups is 1. The standard InChI is InChI=1S/C14H22N2O3/c1-4-11(15)8-12-6-7-13(9-16-12)19-10(3)14(17)18-5-2/h6-7,9-11H,4-5,8,15H2,1-3H3. The molecule has 0 aromatic carbocycles. The van der Waals surface area contributed by atoms with E-state index >= 15 is 0 Å². The molecule has 0 aliphatic carbocycles. The van der Waals surface area contributed by atoms with Gasteiger partial charge in [0.2, 0.25) is 0 Å². The van der Waals surface area contributed by atoms with E-state index in [1.54, 1.807) is 26.1 Å².